The molecular formula is C16H21N3O2. The number of carboxylic acid groups (broad SMARTS) is 1. The molecule has 1 unspecified atom stereocenters. The molecule has 0 bridgehead atoms. The molecule has 21 heavy (non-hydrogen) atoms. The molecule has 0 aromatic carbocycles. The number of aryl methyl sites for hydroxylation is 1. The zero-order chi connectivity index (χ0) is 15.1. The third-order valence-corrected chi connectivity index (χ3v) is 4.33. The number of nitrogens with zero attached hydrogens (tertiary/aromatic N) is 3. The number of hydrogen-bond acceptors (Lipinski definition) is 3. The number of likely N-dealkylation sites (tertiary alicyclic amines) is 1. The van der Waals surface area contributed by atoms with Crippen LogP contribution in [0.4, 0.5) is 0 Å². The first kappa shape index (κ1) is 14.1. The van der Waals surface area contributed by atoms with E-state index in [0.29, 0.717) is 17.5 Å². The highest BCUT2D eigenvalue weighted by Crippen LogP contribution is 2.29. The molecule has 1 atom stereocenters. The SMILES string of the molecule is Cc1ccc2c(C(=O)O)nc(C3CCN(C(C)C)C3)n2c1. The van der Waals surface area contributed by atoms with Crippen LogP contribution in [0.1, 0.15) is 48.1 Å². The summed E-state index contributed by atoms with van der Waals surface area (Å²) in [6.45, 7) is 8.39. The molecule has 5 heteroatoms. The molecule has 0 spiro atoms. The summed E-state index contributed by atoms with van der Waals surface area (Å²) in [5.41, 5.74) is 1.95. The smallest absolute Gasteiger partial charge is 0.356 e. The maximum Gasteiger partial charge on any atom is 0.356 e. The van der Waals surface area contributed by atoms with Gasteiger partial charge in [0, 0.05) is 24.7 Å². The third-order valence-electron chi connectivity index (χ3n) is 4.33. The standard InChI is InChI=1S/C16H21N3O2/c1-10(2)18-7-6-12(9-18)15-17-14(16(20)21)13-5-4-11(3)8-19(13)15/h4-5,8,10,12H,6-7,9H2,1-3H3,(H,20,21). The minimum Gasteiger partial charge on any atom is -0.476 e. The molecule has 2 aromatic rings. The summed E-state index contributed by atoms with van der Waals surface area (Å²) in [5.74, 6) is 0.227. The van der Waals surface area contributed by atoms with Gasteiger partial charge in [-0.3, -0.25) is 0 Å². The third kappa shape index (κ3) is 2.42. The fraction of sp³-hybridized carbons (Fsp3) is 0.500. The van der Waals surface area contributed by atoms with E-state index in [1.54, 1.807) is 0 Å². The average molecular weight is 287 g/mol. The van der Waals surface area contributed by atoms with E-state index in [9.17, 15) is 9.90 Å². The van der Waals surface area contributed by atoms with Crippen LogP contribution in [0.3, 0.4) is 0 Å². The quantitative estimate of drug-likeness (QED) is 0.942. The number of aromatic carboxylic acids is 1. The van der Waals surface area contributed by atoms with E-state index < -0.39 is 5.97 Å². The first-order chi connectivity index (χ1) is 9.97. The fourth-order valence-electron chi connectivity index (χ4n) is 3.13. The van der Waals surface area contributed by atoms with E-state index in [4.69, 9.17) is 0 Å². The topological polar surface area (TPSA) is 57.8 Å². The number of hydrogen-bond donors (Lipinski definition) is 1. The highest BCUT2D eigenvalue weighted by molar-refractivity contribution is 5.93. The van der Waals surface area contributed by atoms with Gasteiger partial charge in [0.1, 0.15) is 5.82 Å². The lowest BCUT2D eigenvalue weighted by Crippen LogP contribution is -2.28. The van der Waals surface area contributed by atoms with Crippen LogP contribution in [-0.2, 0) is 0 Å². The Morgan fingerprint density at radius 1 is 1.43 bits per heavy atom. The Kier molecular flexibility index (Phi) is 3.45. The number of carboxylic acids is 1. The average Bonchev–Trinajstić information content (AvgIpc) is 3.01. The van der Waals surface area contributed by atoms with Gasteiger partial charge in [0.25, 0.3) is 0 Å². The minimum absolute atomic E-state index is 0.160. The molecule has 0 aliphatic carbocycles. The summed E-state index contributed by atoms with van der Waals surface area (Å²) < 4.78 is 1.97. The second kappa shape index (κ2) is 5.15. The largest absolute Gasteiger partial charge is 0.476 e. The van der Waals surface area contributed by atoms with Gasteiger partial charge in [0.05, 0.1) is 5.52 Å². The zero-order valence-corrected chi connectivity index (χ0v) is 12.7. The molecule has 112 valence electrons. The highest BCUT2D eigenvalue weighted by Gasteiger charge is 2.30. The normalized spacial score (nSPS) is 19.7. The van der Waals surface area contributed by atoms with E-state index in [1.165, 1.54) is 0 Å². The maximum atomic E-state index is 11.4. The number of fused-ring (bicyclic) bond motifs is 1. The molecule has 1 saturated heterocycles. The predicted octanol–water partition coefficient (Wildman–Crippen LogP) is 2.54. The Hall–Kier alpha value is -1.88. The van der Waals surface area contributed by atoms with Crippen molar-refractivity contribution < 1.29 is 9.90 Å². The van der Waals surface area contributed by atoms with Gasteiger partial charge < -0.3 is 14.4 Å². The molecule has 1 N–H and O–H groups in total. The molecule has 1 aliphatic heterocycles. The summed E-state index contributed by atoms with van der Waals surface area (Å²) in [7, 11) is 0. The predicted molar refractivity (Wildman–Crippen MR) is 81.0 cm³/mol. The van der Waals surface area contributed by atoms with E-state index in [2.05, 4.69) is 23.7 Å². The van der Waals surface area contributed by atoms with Crippen LogP contribution in [0.25, 0.3) is 5.52 Å². The van der Waals surface area contributed by atoms with Crippen molar-refractivity contribution in [2.45, 2.75) is 39.2 Å². The molecule has 1 aliphatic rings. The molecule has 0 amide bonds. The van der Waals surface area contributed by atoms with Crippen molar-refractivity contribution in [3.8, 4) is 0 Å². The van der Waals surface area contributed by atoms with Crippen LogP contribution >= 0.6 is 0 Å². The van der Waals surface area contributed by atoms with Crippen molar-refractivity contribution in [3.05, 3.63) is 35.4 Å². The Morgan fingerprint density at radius 3 is 2.81 bits per heavy atom. The van der Waals surface area contributed by atoms with Crippen molar-refractivity contribution in [1.82, 2.24) is 14.3 Å². The Morgan fingerprint density at radius 2 is 2.19 bits per heavy atom. The molecule has 0 radical (unpaired) electrons. The van der Waals surface area contributed by atoms with Gasteiger partial charge in [-0.1, -0.05) is 6.07 Å². The molecule has 3 rings (SSSR count). The monoisotopic (exact) mass is 287 g/mol. The van der Waals surface area contributed by atoms with Gasteiger partial charge >= 0.3 is 5.97 Å². The lowest BCUT2D eigenvalue weighted by molar-refractivity contribution is 0.0693. The Bertz CT molecular complexity index is 690. The second-order valence-corrected chi connectivity index (χ2v) is 6.16. The molecule has 0 saturated carbocycles. The Labute approximate surface area is 124 Å². The van der Waals surface area contributed by atoms with Gasteiger partial charge in [0.15, 0.2) is 5.69 Å². The van der Waals surface area contributed by atoms with Crippen LogP contribution in [0.15, 0.2) is 18.3 Å². The van der Waals surface area contributed by atoms with Crippen LogP contribution in [-0.4, -0.2) is 44.5 Å². The highest BCUT2D eigenvalue weighted by atomic mass is 16.4. The molecule has 2 aromatic heterocycles. The molecule has 5 nitrogen and oxygen atoms in total. The first-order valence-electron chi connectivity index (χ1n) is 7.43. The molecule has 1 fully saturated rings. The van der Waals surface area contributed by atoms with Gasteiger partial charge in [-0.2, -0.15) is 0 Å². The summed E-state index contributed by atoms with van der Waals surface area (Å²) in [5, 5.41) is 9.36. The van der Waals surface area contributed by atoms with Crippen molar-refractivity contribution >= 4 is 11.5 Å². The van der Waals surface area contributed by atoms with Crippen LogP contribution in [0.5, 0.6) is 0 Å². The number of imidazole rings is 1. The summed E-state index contributed by atoms with van der Waals surface area (Å²) in [6.07, 6.45) is 3.02. The number of aromatic nitrogens is 2. The second-order valence-electron chi connectivity index (χ2n) is 6.16. The molecule has 3 heterocycles. The van der Waals surface area contributed by atoms with Crippen molar-refractivity contribution in [2.75, 3.05) is 13.1 Å². The van der Waals surface area contributed by atoms with Crippen molar-refractivity contribution in [1.29, 1.82) is 0 Å². The molecular weight excluding hydrogens is 266 g/mol. The van der Waals surface area contributed by atoms with E-state index in [0.717, 1.165) is 30.9 Å². The lowest BCUT2D eigenvalue weighted by atomic mass is 10.1. The number of rotatable bonds is 3. The van der Waals surface area contributed by atoms with E-state index >= 15 is 0 Å². The Balaban J connectivity index is 2.06. The maximum absolute atomic E-state index is 11.4. The number of carbonyl (C=O) groups is 1. The fourth-order valence-corrected chi connectivity index (χ4v) is 3.13. The first-order valence-corrected chi connectivity index (χ1v) is 7.43. The summed E-state index contributed by atoms with van der Waals surface area (Å²) >= 11 is 0. The van der Waals surface area contributed by atoms with Crippen LogP contribution in [0.2, 0.25) is 0 Å². The van der Waals surface area contributed by atoms with Gasteiger partial charge in [-0.25, -0.2) is 9.78 Å². The van der Waals surface area contributed by atoms with E-state index in [-0.39, 0.29) is 5.69 Å². The minimum atomic E-state index is -0.957. The number of pyridine rings is 1. The van der Waals surface area contributed by atoms with Gasteiger partial charge in [0.2, 0.25) is 0 Å². The van der Waals surface area contributed by atoms with Crippen LogP contribution in [0, 0.1) is 6.92 Å². The van der Waals surface area contributed by atoms with Crippen molar-refractivity contribution in [3.63, 3.8) is 0 Å². The van der Waals surface area contributed by atoms with Crippen LogP contribution < -0.4 is 0 Å². The van der Waals surface area contributed by atoms with Crippen molar-refractivity contribution in [2.24, 2.45) is 0 Å². The van der Waals surface area contributed by atoms with Gasteiger partial charge in [-0.05, 0) is 45.4 Å². The zero-order valence-electron chi connectivity index (χ0n) is 12.7. The van der Waals surface area contributed by atoms with Gasteiger partial charge in [-0.15, -0.1) is 0 Å². The lowest BCUT2D eigenvalue weighted by Gasteiger charge is -2.19. The summed E-state index contributed by atoms with van der Waals surface area (Å²) in [4.78, 5) is 18.3. The summed E-state index contributed by atoms with van der Waals surface area (Å²) in [6, 6.07) is 4.30. The van der Waals surface area contributed by atoms with E-state index in [1.807, 2.05) is 29.7 Å².